The van der Waals surface area contributed by atoms with Crippen molar-refractivity contribution in [3.63, 3.8) is 0 Å². The number of hydrogen-bond donors (Lipinski definition) is 0. The van der Waals surface area contributed by atoms with Crippen LogP contribution in [0, 0.1) is 6.92 Å². The fourth-order valence-electron chi connectivity index (χ4n) is 2.10. The second-order valence-corrected chi connectivity index (χ2v) is 8.17. The first-order valence-electron chi connectivity index (χ1n) is 6.31. The normalized spacial score (nSPS) is 10.8. The monoisotopic (exact) mass is 282 g/mol. The minimum atomic E-state index is -0.407. The number of rotatable bonds is 3. The highest BCUT2D eigenvalue weighted by Crippen LogP contribution is 2.35. The molecule has 0 atom stereocenters. The van der Waals surface area contributed by atoms with Gasteiger partial charge in [-0.2, -0.15) is 0 Å². The fourth-order valence-corrected chi connectivity index (χ4v) is 6.10. The average molecular weight is 282 g/mol. The zero-order chi connectivity index (χ0) is 13.1. The SMILES string of the molecule is Cc1ccc(P(c2ccccc2)c2ccccc2)s1. The summed E-state index contributed by atoms with van der Waals surface area (Å²) in [5.41, 5.74) is 0. The Morgan fingerprint density at radius 1 is 0.684 bits per heavy atom. The third kappa shape index (κ3) is 2.78. The molecule has 1 aromatic heterocycles. The van der Waals surface area contributed by atoms with E-state index in [1.165, 1.54) is 20.1 Å². The van der Waals surface area contributed by atoms with Gasteiger partial charge in [0.1, 0.15) is 0 Å². The van der Waals surface area contributed by atoms with E-state index in [1.807, 2.05) is 11.3 Å². The molecule has 0 bridgehead atoms. The van der Waals surface area contributed by atoms with Crippen molar-refractivity contribution < 1.29 is 0 Å². The summed E-state index contributed by atoms with van der Waals surface area (Å²) in [6.45, 7) is 2.18. The van der Waals surface area contributed by atoms with Crippen LogP contribution in [-0.2, 0) is 0 Å². The molecule has 2 heteroatoms. The van der Waals surface area contributed by atoms with Crippen LogP contribution in [0.3, 0.4) is 0 Å². The molecular weight excluding hydrogens is 267 g/mol. The van der Waals surface area contributed by atoms with Crippen LogP contribution in [0.2, 0.25) is 0 Å². The van der Waals surface area contributed by atoms with Crippen molar-refractivity contribution in [1.29, 1.82) is 0 Å². The maximum Gasteiger partial charge on any atom is 0.0371 e. The molecule has 0 saturated carbocycles. The second kappa shape index (κ2) is 5.69. The molecule has 0 aliphatic carbocycles. The first-order valence-corrected chi connectivity index (χ1v) is 8.47. The van der Waals surface area contributed by atoms with E-state index in [2.05, 4.69) is 79.7 Å². The van der Waals surface area contributed by atoms with E-state index >= 15 is 0 Å². The van der Waals surface area contributed by atoms with E-state index < -0.39 is 7.92 Å². The van der Waals surface area contributed by atoms with Gasteiger partial charge in [-0.3, -0.25) is 0 Å². The Hall–Kier alpha value is -1.43. The lowest BCUT2D eigenvalue weighted by molar-refractivity contribution is 1.64. The number of benzene rings is 2. The van der Waals surface area contributed by atoms with Crippen LogP contribution in [0.4, 0.5) is 0 Å². The van der Waals surface area contributed by atoms with Gasteiger partial charge < -0.3 is 0 Å². The van der Waals surface area contributed by atoms with Gasteiger partial charge in [0.25, 0.3) is 0 Å². The van der Waals surface area contributed by atoms with Crippen molar-refractivity contribution in [1.82, 2.24) is 0 Å². The number of hydrogen-bond acceptors (Lipinski definition) is 1. The average Bonchev–Trinajstić information content (AvgIpc) is 2.88. The van der Waals surface area contributed by atoms with E-state index in [0.29, 0.717) is 0 Å². The maximum atomic E-state index is 2.28. The van der Waals surface area contributed by atoms with Crippen LogP contribution in [0.5, 0.6) is 0 Å². The molecule has 3 rings (SSSR count). The first-order chi connectivity index (χ1) is 9.34. The van der Waals surface area contributed by atoms with Crippen LogP contribution >= 0.6 is 19.3 Å². The minimum absolute atomic E-state index is 0.407. The van der Waals surface area contributed by atoms with Gasteiger partial charge in [0.15, 0.2) is 0 Å². The topological polar surface area (TPSA) is 0 Å². The summed E-state index contributed by atoms with van der Waals surface area (Å²) in [6, 6.07) is 26.2. The minimum Gasteiger partial charge on any atom is -0.140 e. The van der Waals surface area contributed by atoms with Gasteiger partial charge in [-0.05, 0) is 37.6 Å². The Balaban J connectivity index is 2.11. The van der Waals surface area contributed by atoms with Crippen LogP contribution in [0.25, 0.3) is 0 Å². The van der Waals surface area contributed by atoms with E-state index in [4.69, 9.17) is 0 Å². The molecule has 0 spiro atoms. The molecule has 3 aromatic rings. The van der Waals surface area contributed by atoms with Crippen molar-refractivity contribution in [2.24, 2.45) is 0 Å². The third-order valence-corrected chi connectivity index (χ3v) is 6.82. The Morgan fingerprint density at radius 3 is 1.63 bits per heavy atom. The lowest BCUT2D eigenvalue weighted by Crippen LogP contribution is -2.18. The molecule has 1 heterocycles. The molecule has 0 fully saturated rings. The van der Waals surface area contributed by atoms with Gasteiger partial charge in [-0.15, -0.1) is 11.3 Å². The molecule has 0 saturated heterocycles. The van der Waals surface area contributed by atoms with E-state index in [0.717, 1.165) is 0 Å². The zero-order valence-corrected chi connectivity index (χ0v) is 12.5. The highest BCUT2D eigenvalue weighted by Gasteiger charge is 2.17. The number of aryl methyl sites for hydroxylation is 1. The van der Waals surface area contributed by atoms with Gasteiger partial charge >= 0.3 is 0 Å². The van der Waals surface area contributed by atoms with Gasteiger partial charge in [0, 0.05) is 9.50 Å². The summed E-state index contributed by atoms with van der Waals surface area (Å²) in [4.78, 5) is 1.38. The molecule has 0 radical (unpaired) electrons. The maximum absolute atomic E-state index is 2.28. The largest absolute Gasteiger partial charge is 0.140 e. The van der Waals surface area contributed by atoms with Crippen LogP contribution < -0.4 is 15.2 Å². The molecule has 0 amide bonds. The molecule has 94 valence electrons. The molecule has 0 N–H and O–H groups in total. The predicted molar refractivity (Wildman–Crippen MR) is 87.8 cm³/mol. The zero-order valence-electron chi connectivity index (χ0n) is 10.8. The summed E-state index contributed by atoms with van der Waals surface area (Å²) < 4.78 is 1.48. The van der Waals surface area contributed by atoms with Crippen molar-refractivity contribution >= 4 is 34.5 Å². The van der Waals surface area contributed by atoms with Gasteiger partial charge in [-0.25, -0.2) is 0 Å². The van der Waals surface area contributed by atoms with Crippen LogP contribution in [-0.4, -0.2) is 0 Å². The lowest BCUT2D eigenvalue weighted by Gasteiger charge is -2.16. The Morgan fingerprint density at radius 2 is 1.21 bits per heavy atom. The third-order valence-electron chi connectivity index (χ3n) is 2.98. The molecule has 0 aliphatic heterocycles. The molecule has 2 aromatic carbocycles. The predicted octanol–water partition coefficient (Wildman–Crippen LogP) is 3.81. The van der Waals surface area contributed by atoms with Crippen LogP contribution in [0.1, 0.15) is 4.88 Å². The Kier molecular flexibility index (Phi) is 3.77. The lowest BCUT2D eigenvalue weighted by atomic mass is 10.4. The van der Waals surface area contributed by atoms with E-state index in [9.17, 15) is 0 Å². The molecule has 0 nitrogen and oxygen atoms in total. The molecular formula is C17H15PS. The second-order valence-electron chi connectivity index (χ2n) is 4.39. The Bertz CT molecular complexity index is 604. The quantitative estimate of drug-likeness (QED) is 0.641. The van der Waals surface area contributed by atoms with Gasteiger partial charge in [0.05, 0.1) is 0 Å². The van der Waals surface area contributed by atoms with Crippen molar-refractivity contribution in [2.75, 3.05) is 0 Å². The van der Waals surface area contributed by atoms with Crippen molar-refractivity contribution in [2.45, 2.75) is 6.92 Å². The highest BCUT2D eigenvalue weighted by atomic mass is 32.1. The van der Waals surface area contributed by atoms with Gasteiger partial charge in [-0.1, -0.05) is 60.7 Å². The first kappa shape index (κ1) is 12.6. The highest BCUT2D eigenvalue weighted by molar-refractivity contribution is 7.84. The summed E-state index contributed by atoms with van der Waals surface area (Å²) in [6.07, 6.45) is 0. The van der Waals surface area contributed by atoms with Crippen molar-refractivity contribution in [3.05, 3.63) is 77.7 Å². The van der Waals surface area contributed by atoms with E-state index in [1.54, 1.807) is 0 Å². The number of thiophene rings is 1. The standard InChI is InChI=1S/C17H15PS/c1-14-12-13-17(19-14)18(15-8-4-2-5-9-15)16-10-6-3-7-11-16/h2-13H,1H3. The molecule has 19 heavy (non-hydrogen) atoms. The van der Waals surface area contributed by atoms with Gasteiger partial charge in [0.2, 0.25) is 0 Å². The van der Waals surface area contributed by atoms with E-state index in [-0.39, 0.29) is 0 Å². The summed E-state index contributed by atoms with van der Waals surface area (Å²) >= 11 is 1.91. The smallest absolute Gasteiger partial charge is 0.0371 e. The summed E-state index contributed by atoms with van der Waals surface area (Å²) in [7, 11) is -0.407. The van der Waals surface area contributed by atoms with Crippen molar-refractivity contribution in [3.8, 4) is 0 Å². The molecule has 0 aliphatic rings. The Labute approximate surface area is 119 Å². The summed E-state index contributed by atoms with van der Waals surface area (Å²) in [5, 5.41) is 2.84. The summed E-state index contributed by atoms with van der Waals surface area (Å²) in [5.74, 6) is 0. The fraction of sp³-hybridized carbons (Fsp3) is 0.0588. The molecule has 0 unspecified atom stereocenters. The van der Waals surface area contributed by atoms with Crippen LogP contribution in [0.15, 0.2) is 72.8 Å².